The Kier molecular flexibility index (Phi) is 3.21. The molecule has 1 aliphatic heterocycles. The fourth-order valence-electron chi connectivity index (χ4n) is 4.00. The van der Waals surface area contributed by atoms with Crippen LogP contribution in [0.3, 0.4) is 0 Å². The molecule has 0 spiro atoms. The molecule has 2 aromatic rings. The summed E-state index contributed by atoms with van der Waals surface area (Å²) in [6, 6.07) is 6.50. The van der Waals surface area contributed by atoms with Crippen molar-refractivity contribution in [3.8, 4) is 0 Å². The highest BCUT2D eigenvalue weighted by molar-refractivity contribution is 5.86. The van der Waals surface area contributed by atoms with Crippen LogP contribution >= 0.6 is 0 Å². The lowest BCUT2D eigenvalue weighted by atomic mass is 9.85. The normalized spacial score (nSPS) is 19.7. The third-order valence-corrected chi connectivity index (χ3v) is 5.13. The van der Waals surface area contributed by atoms with Gasteiger partial charge in [0.05, 0.1) is 0 Å². The minimum atomic E-state index is 0.563. The van der Waals surface area contributed by atoms with Crippen LogP contribution in [0.15, 0.2) is 22.6 Å². The molecule has 1 fully saturated rings. The lowest BCUT2D eigenvalue weighted by molar-refractivity contribution is -0.119. The number of carbonyl (C=O) groups excluding carboxylic acids is 1. The number of fused-ring (bicyclic) bond motifs is 3. The molecule has 4 rings (SSSR count). The molecule has 3 nitrogen and oxygen atoms in total. The van der Waals surface area contributed by atoms with Gasteiger partial charge in [0.2, 0.25) is 6.41 Å². The maximum atomic E-state index is 10.9. The van der Waals surface area contributed by atoms with E-state index in [0.29, 0.717) is 5.92 Å². The first-order valence-electron chi connectivity index (χ1n) is 8.09. The first-order chi connectivity index (χ1) is 10.4. The molecule has 2 aliphatic rings. The van der Waals surface area contributed by atoms with Crippen LogP contribution in [0.2, 0.25) is 0 Å². The number of likely N-dealkylation sites (tertiary alicyclic amines) is 1. The molecule has 1 saturated heterocycles. The third kappa shape index (κ3) is 2.15. The van der Waals surface area contributed by atoms with Crippen LogP contribution in [-0.2, 0) is 17.6 Å². The molecule has 0 unspecified atom stereocenters. The van der Waals surface area contributed by atoms with E-state index in [1.54, 1.807) is 0 Å². The minimum Gasteiger partial charge on any atom is -0.461 e. The number of aryl methyl sites for hydroxylation is 2. The van der Waals surface area contributed by atoms with E-state index in [-0.39, 0.29) is 0 Å². The molecule has 0 saturated carbocycles. The number of benzene rings is 1. The van der Waals surface area contributed by atoms with Crippen molar-refractivity contribution in [2.45, 2.75) is 44.4 Å². The lowest BCUT2D eigenvalue weighted by Gasteiger charge is -2.30. The van der Waals surface area contributed by atoms with Crippen molar-refractivity contribution in [1.29, 1.82) is 0 Å². The summed E-state index contributed by atoms with van der Waals surface area (Å²) < 4.78 is 6.10. The van der Waals surface area contributed by atoms with Gasteiger partial charge >= 0.3 is 0 Å². The number of nitrogens with zero attached hydrogens (tertiary/aromatic N) is 1. The van der Waals surface area contributed by atoms with Gasteiger partial charge in [-0.2, -0.15) is 0 Å². The summed E-state index contributed by atoms with van der Waals surface area (Å²) in [4.78, 5) is 12.8. The van der Waals surface area contributed by atoms with Crippen LogP contribution in [0.25, 0.3) is 11.0 Å². The number of rotatable bonds is 2. The van der Waals surface area contributed by atoms with Crippen molar-refractivity contribution in [3.05, 3.63) is 35.1 Å². The summed E-state index contributed by atoms with van der Waals surface area (Å²) in [5.74, 6) is 1.78. The molecule has 1 aromatic carbocycles. The smallest absolute Gasteiger partial charge is 0.209 e. The van der Waals surface area contributed by atoms with Crippen molar-refractivity contribution in [2.24, 2.45) is 0 Å². The highest BCUT2D eigenvalue weighted by Crippen LogP contribution is 2.39. The summed E-state index contributed by atoms with van der Waals surface area (Å²) in [6.45, 7) is 1.76. The Balaban J connectivity index is 1.75. The van der Waals surface area contributed by atoms with Crippen molar-refractivity contribution in [1.82, 2.24) is 4.90 Å². The maximum absolute atomic E-state index is 10.9. The van der Waals surface area contributed by atoms with Crippen molar-refractivity contribution in [2.75, 3.05) is 13.1 Å². The Labute approximate surface area is 124 Å². The summed E-state index contributed by atoms with van der Waals surface area (Å²) in [5, 5.41) is 1.39. The van der Waals surface area contributed by atoms with Gasteiger partial charge in [-0.05, 0) is 49.7 Å². The number of carbonyl (C=O) groups is 1. The van der Waals surface area contributed by atoms with Crippen molar-refractivity contribution in [3.63, 3.8) is 0 Å². The first-order valence-corrected chi connectivity index (χ1v) is 8.09. The summed E-state index contributed by atoms with van der Waals surface area (Å²) in [7, 11) is 0. The molecule has 0 bridgehead atoms. The maximum Gasteiger partial charge on any atom is 0.209 e. The zero-order chi connectivity index (χ0) is 14.2. The van der Waals surface area contributed by atoms with Gasteiger partial charge in [-0.3, -0.25) is 4.79 Å². The van der Waals surface area contributed by atoms with Gasteiger partial charge in [0.1, 0.15) is 11.3 Å². The van der Waals surface area contributed by atoms with Gasteiger partial charge in [0.25, 0.3) is 0 Å². The molecule has 0 N–H and O–H groups in total. The first kappa shape index (κ1) is 12.9. The van der Waals surface area contributed by atoms with E-state index in [1.807, 2.05) is 4.90 Å². The second-order valence-corrected chi connectivity index (χ2v) is 6.35. The van der Waals surface area contributed by atoms with E-state index in [0.717, 1.165) is 50.8 Å². The highest BCUT2D eigenvalue weighted by atomic mass is 16.3. The quantitative estimate of drug-likeness (QED) is 0.788. The number of furan rings is 1. The van der Waals surface area contributed by atoms with Crippen LogP contribution in [0.4, 0.5) is 0 Å². The van der Waals surface area contributed by atoms with Gasteiger partial charge in [-0.1, -0.05) is 12.1 Å². The Bertz CT molecular complexity index is 665. The molecule has 21 heavy (non-hydrogen) atoms. The van der Waals surface area contributed by atoms with E-state index < -0.39 is 0 Å². The summed E-state index contributed by atoms with van der Waals surface area (Å²) in [6.07, 6.45) is 7.89. The molecule has 110 valence electrons. The number of amides is 1. The number of hydrogen-bond acceptors (Lipinski definition) is 2. The average molecular weight is 283 g/mol. The van der Waals surface area contributed by atoms with E-state index in [1.165, 1.54) is 35.1 Å². The van der Waals surface area contributed by atoms with Crippen molar-refractivity contribution >= 4 is 17.4 Å². The van der Waals surface area contributed by atoms with E-state index >= 15 is 0 Å². The second-order valence-electron chi connectivity index (χ2n) is 6.35. The monoisotopic (exact) mass is 283 g/mol. The molecule has 0 atom stereocenters. The molecule has 1 aliphatic carbocycles. The van der Waals surface area contributed by atoms with Gasteiger partial charge in [-0.25, -0.2) is 0 Å². The fourth-order valence-corrected chi connectivity index (χ4v) is 4.00. The predicted molar refractivity (Wildman–Crippen MR) is 82.5 cm³/mol. The highest BCUT2D eigenvalue weighted by Gasteiger charge is 2.25. The predicted octanol–water partition coefficient (Wildman–Crippen LogP) is 3.65. The number of hydrogen-bond donors (Lipinski definition) is 0. The molecule has 1 amide bonds. The summed E-state index contributed by atoms with van der Waals surface area (Å²) >= 11 is 0. The zero-order valence-corrected chi connectivity index (χ0v) is 12.3. The van der Waals surface area contributed by atoms with E-state index in [9.17, 15) is 4.79 Å². The van der Waals surface area contributed by atoms with Crippen LogP contribution in [0.5, 0.6) is 0 Å². The van der Waals surface area contributed by atoms with Crippen LogP contribution in [-0.4, -0.2) is 24.4 Å². The number of piperidine rings is 1. The van der Waals surface area contributed by atoms with E-state index in [2.05, 4.69) is 18.2 Å². The molecule has 0 radical (unpaired) electrons. The SMILES string of the molecule is O=CN1CCC(c2cccc3oc4c(c23)CCCC4)CC1. The molecule has 3 heteroatoms. The third-order valence-electron chi connectivity index (χ3n) is 5.13. The Hall–Kier alpha value is -1.77. The second kappa shape index (κ2) is 5.21. The molecule has 2 heterocycles. The molecular formula is C18H21NO2. The largest absolute Gasteiger partial charge is 0.461 e. The average Bonchev–Trinajstić information content (AvgIpc) is 2.93. The van der Waals surface area contributed by atoms with E-state index in [4.69, 9.17) is 4.42 Å². The lowest BCUT2D eigenvalue weighted by Crippen LogP contribution is -2.31. The van der Waals surface area contributed by atoms with Crippen molar-refractivity contribution < 1.29 is 9.21 Å². The standard InChI is InChI=1S/C18H21NO2/c20-12-19-10-8-13(9-11-19)14-5-3-7-17-18(14)15-4-1-2-6-16(15)21-17/h3,5,7,12-13H,1-2,4,6,8-11H2. The van der Waals surface area contributed by atoms with Gasteiger partial charge in [0.15, 0.2) is 0 Å². The Morgan fingerprint density at radius 2 is 1.95 bits per heavy atom. The van der Waals surface area contributed by atoms with Gasteiger partial charge in [-0.15, -0.1) is 0 Å². The van der Waals surface area contributed by atoms with Gasteiger partial charge < -0.3 is 9.32 Å². The summed E-state index contributed by atoms with van der Waals surface area (Å²) in [5.41, 5.74) is 3.98. The van der Waals surface area contributed by atoms with Crippen LogP contribution < -0.4 is 0 Å². The van der Waals surface area contributed by atoms with Crippen LogP contribution in [0, 0.1) is 0 Å². The minimum absolute atomic E-state index is 0.563. The fraction of sp³-hybridized carbons (Fsp3) is 0.500. The Morgan fingerprint density at radius 1 is 1.14 bits per heavy atom. The molecular weight excluding hydrogens is 262 g/mol. The van der Waals surface area contributed by atoms with Crippen LogP contribution in [0.1, 0.15) is 48.5 Å². The Morgan fingerprint density at radius 3 is 2.76 bits per heavy atom. The molecule has 1 aromatic heterocycles. The van der Waals surface area contributed by atoms with Gasteiger partial charge in [0, 0.05) is 30.5 Å². The zero-order valence-electron chi connectivity index (χ0n) is 12.3. The topological polar surface area (TPSA) is 33.5 Å².